The van der Waals surface area contributed by atoms with Crippen molar-refractivity contribution < 1.29 is 14.6 Å². The third-order valence-corrected chi connectivity index (χ3v) is 3.70. The van der Waals surface area contributed by atoms with E-state index >= 15 is 0 Å². The number of rotatable bonds is 5. The largest absolute Gasteiger partial charge is 0.504 e. The average molecular weight is 338 g/mol. The number of ether oxygens (including phenoxy) is 2. The highest BCUT2D eigenvalue weighted by Gasteiger charge is 2.09. The number of phenols is 1. The van der Waals surface area contributed by atoms with Gasteiger partial charge in [-0.1, -0.05) is 0 Å². The van der Waals surface area contributed by atoms with E-state index in [1.165, 1.54) is 13.2 Å². The van der Waals surface area contributed by atoms with Crippen molar-refractivity contribution in [1.29, 1.82) is 0 Å². The Morgan fingerprint density at radius 3 is 2.48 bits per heavy atom. The Bertz CT molecular complexity index is 933. The lowest BCUT2D eigenvalue weighted by molar-refractivity contribution is 0.340. The fraction of sp³-hybridized carbons (Fsp3) is 0.158. The highest BCUT2D eigenvalue weighted by Crippen LogP contribution is 2.31. The maximum atomic E-state index is 12.0. The van der Waals surface area contributed by atoms with E-state index in [2.05, 4.69) is 9.97 Å². The monoisotopic (exact) mass is 338 g/mol. The topological polar surface area (TPSA) is 84.4 Å². The number of H-pyrrole nitrogens is 1. The van der Waals surface area contributed by atoms with Crippen LogP contribution in [-0.4, -0.2) is 28.8 Å². The van der Waals surface area contributed by atoms with Crippen LogP contribution in [0.2, 0.25) is 0 Å². The van der Waals surface area contributed by atoms with Gasteiger partial charge in [0.1, 0.15) is 5.75 Å². The van der Waals surface area contributed by atoms with Crippen LogP contribution in [0.5, 0.6) is 17.2 Å². The third-order valence-electron chi connectivity index (χ3n) is 3.70. The first-order valence-corrected chi connectivity index (χ1v) is 7.82. The molecule has 1 aromatic heterocycles. The summed E-state index contributed by atoms with van der Waals surface area (Å²) in [5.41, 5.74) is 2.20. The molecule has 0 aliphatic rings. The molecule has 0 aliphatic heterocycles. The molecule has 0 saturated carbocycles. The van der Waals surface area contributed by atoms with Crippen molar-refractivity contribution in [2.75, 3.05) is 13.7 Å². The number of aromatic amines is 1. The molecule has 128 valence electrons. The fourth-order valence-corrected chi connectivity index (χ4v) is 2.49. The van der Waals surface area contributed by atoms with Gasteiger partial charge in [-0.05, 0) is 55.5 Å². The molecule has 0 spiro atoms. The number of aromatic hydroxyl groups is 1. The summed E-state index contributed by atoms with van der Waals surface area (Å²) in [6.45, 7) is 2.51. The predicted molar refractivity (Wildman–Crippen MR) is 95.1 cm³/mol. The fourth-order valence-electron chi connectivity index (χ4n) is 2.49. The normalized spacial score (nSPS) is 10.5. The number of nitrogens with one attached hydrogen (secondary N) is 1. The number of phenolic OH excluding ortho intramolecular Hbond substituents is 1. The van der Waals surface area contributed by atoms with Crippen LogP contribution in [0.15, 0.2) is 53.3 Å². The van der Waals surface area contributed by atoms with Crippen molar-refractivity contribution in [3.05, 3.63) is 59.0 Å². The van der Waals surface area contributed by atoms with Gasteiger partial charge in [0.15, 0.2) is 11.5 Å². The molecule has 0 atom stereocenters. The molecule has 2 aromatic carbocycles. The first-order valence-electron chi connectivity index (χ1n) is 7.82. The minimum absolute atomic E-state index is 0.0365. The lowest BCUT2D eigenvalue weighted by Gasteiger charge is -2.08. The van der Waals surface area contributed by atoms with Gasteiger partial charge in [-0.25, -0.2) is 4.79 Å². The summed E-state index contributed by atoms with van der Waals surface area (Å²) in [5.74, 6) is 1.13. The minimum atomic E-state index is -0.451. The molecule has 0 amide bonds. The van der Waals surface area contributed by atoms with E-state index < -0.39 is 5.69 Å². The predicted octanol–water partition coefficient (Wildman–Crippen LogP) is 3.22. The lowest BCUT2D eigenvalue weighted by Crippen LogP contribution is -2.12. The smallest absolute Gasteiger partial charge is 0.345 e. The van der Waals surface area contributed by atoms with E-state index in [9.17, 15) is 9.90 Å². The first kappa shape index (κ1) is 16.6. The van der Waals surface area contributed by atoms with Gasteiger partial charge in [0.25, 0.3) is 0 Å². The molecule has 1 heterocycles. The summed E-state index contributed by atoms with van der Waals surface area (Å²) in [5, 5.41) is 9.72. The van der Waals surface area contributed by atoms with E-state index in [0.717, 1.165) is 11.3 Å². The van der Waals surface area contributed by atoms with E-state index in [-0.39, 0.29) is 5.75 Å². The van der Waals surface area contributed by atoms with Gasteiger partial charge < -0.3 is 19.6 Å². The Morgan fingerprint density at radius 2 is 1.80 bits per heavy atom. The van der Waals surface area contributed by atoms with Crippen LogP contribution in [0.1, 0.15) is 6.92 Å². The minimum Gasteiger partial charge on any atom is -0.504 e. The molecule has 0 bridgehead atoms. The summed E-state index contributed by atoms with van der Waals surface area (Å²) in [6.07, 6.45) is 0. The van der Waals surface area contributed by atoms with Crippen LogP contribution in [-0.2, 0) is 0 Å². The van der Waals surface area contributed by atoms with Crippen LogP contribution in [0.4, 0.5) is 0 Å². The summed E-state index contributed by atoms with van der Waals surface area (Å²) in [6, 6.07) is 14.0. The van der Waals surface area contributed by atoms with Gasteiger partial charge in [-0.3, -0.25) is 0 Å². The van der Waals surface area contributed by atoms with Crippen LogP contribution >= 0.6 is 0 Å². The second kappa shape index (κ2) is 7.09. The molecule has 3 rings (SSSR count). The van der Waals surface area contributed by atoms with Gasteiger partial charge in [0, 0.05) is 11.1 Å². The Kier molecular flexibility index (Phi) is 4.70. The highest BCUT2D eigenvalue weighted by atomic mass is 16.5. The Hall–Kier alpha value is -3.28. The molecule has 6 heteroatoms. The second-order valence-electron chi connectivity index (χ2n) is 5.33. The van der Waals surface area contributed by atoms with Crippen molar-refractivity contribution in [3.63, 3.8) is 0 Å². The Morgan fingerprint density at radius 1 is 1.08 bits per heavy atom. The second-order valence-corrected chi connectivity index (χ2v) is 5.33. The zero-order valence-corrected chi connectivity index (χ0v) is 13.9. The van der Waals surface area contributed by atoms with E-state index in [0.29, 0.717) is 29.3 Å². The highest BCUT2D eigenvalue weighted by molar-refractivity contribution is 5.69. The van der Waals surface area contributed by atoms with Crippen molar-refractivity contribution in [2.45, 2.75) is 6.92 Å². The Balaban J connectivity index is 2.02. The molecular weight excluding hydrogens is 320 g/mol. The molecule has 2 N–H and O–H groups in total. The molecule has 25 heavy (non-hydrogen) atoms. The van der Waals surface area contributed by atoms with Crippen LogP contribution in [0, 0.1) is 0 Å². The number of nitrogens with zero attached hydrogens (tertiary/aromatic N) is 1. The summed E-state index contributed by atoms with van der Waals surface area (Å²) < 4.78 is 10.5. The molecule has 0 fully saturated rings. The molecule has 0 saturated heterocycles. The molecule has 0 radical (unpaired) electrons. The average Bonchev–Trinajstić information content (AvgIpc) is 2.62. The quantitative estimate of drug-likeness (QED) is 0.746. The van der Waals surface area contributed by atoms with Gasteiger partial charge in [-0.2, -0.15) is 4.98 Å². The Labute approximate surface area is 144 Å². The summed E-state index contributed by atoms with van der Waals surface area (Å²) in [7, 11) is 1.47. The van der Waals surface area contributed by atoms with Crippen LogP contribution < -0.4 is 15.2 Å². The van der Waals surface area contributed by atoms with E-state index in [1.54, 1.807) is 18.2 Å². The van der Waals surface area contributed by atoms with Crippen LogP contribution in [0.3, 0.4) is 0 Å². The van der Waals surface area contributed by atoms with Crippen molar-refractivity contribution in [1.82, 2.24) is 9.97 Å². The number of hydrogen-bond donors (Lipinski definition) is 2. The van der Waals surface area contributed by atoms with Crippen molar-refractivity contribution in [3.8, 4) is 39.8 Å². The first-order chi connectivity index (χ1) is 12.1. The zero-order valence-electron chi connectivity index (χ0n) is 13.9. The standard InChI is InChI=1S/C19H18N2O4/c1-3-25-14-7-4-12(5-8-14)15-11-16(21-19(23)20-15)13-6-9-17(22)18(10-13)24-2/h4-11,22H,3H2,1-2H3,(H,20,21,23). The van der Waals surface area contributed by atoms with E-state index in [4.69, 9.17) is 9.47 Å². The van der Waals surface area contributed by atoms with Gasteiger partial charge in [-0.15, -0.1) is 0 Å². The molecule has 0 unspecified atom stereocenters. The number of aromatic nitrogens is 2. The molecular formula is C19H18N2O4. The number of benzene rings is 2. The summed E-state index contributed by atoms with van der Waals surface area (Å²) >= 11 is 0. The van der Waals surface area contributed by atoms with Gasteiger partial charge in [0.2, 0.25) is 0 Å². The van der Waals surface area contributed by atoms with Crippen molar-refractivity contribution in [2.24, 2.45) is 0 Å². The van der Waals surface area contributed by atoms with Crippen LogP contribution in [0.25, 0.3) is 22.5 Å². The molecule has 0 aliphatic carbocycles. The number of hydrogen-bond acceptors (Lipinski definition) is 5. The SMILES string of the molecule is CCOc1ccc(-c2cc(-c3ccc(O)c(OC)c3)[nH]c(=O)n2)cc1. The van der Waals surface area contributed by atoms with Gasteiger partial charge in [0.05, 0.1) is 25.1 Å². The zero-order chi connectivity index (χ0) is 17.8. The lowest BCUT2D eigenvalue weighted by atomic mass is 10.1. The summed E-state index contributed by atoms with van der Waals surface area (Å²) in [4.78, 5) is 18.7. The van der Waals surface area contributed by atoms with Crippen molar-refractivity contribution >= 4 is 0 Å². The van der Waals surface area contributed by atoms with E-state index in [1.807, 2.05) is 31.2 Å². The molecule has 3 aromatic rings. The number of methoxy groups -OCH3 is 1. The van der Waals surface area contributed by atoms with Gasteiger partial charge >= 0.3 is 5.69 Å². The third kappa shape index (κ3) is 3.63. The maximum absolute atomic E-state index is 12.0. The maximum Gasteiger partial charge on any atom is 0.345 e. The molecule has 6 nitrogen and oxygen atoms in total.